The van der Waals surface area contributed by atoms with Crippen LogP contribution in [0.2, 0.25) is 10.0 Å². The minimum Gasteiger partial charge on any atom is -0.506 e. The van der Waals surface area contributed by atoms with Crippen LogP contribution in [0.25, 0.3) is 0 Å². The maximum Gasteiger partial charge on any atom is 0.257 e. The van der Waals surface area contributed by atoms with Crippen LogP contribution < -0.4 is 5.32 Å². The van der Waals surface area contributed by atoms with Crippen LogP contribution in [0.1, 0.15) is 17.3 Å². The summed E-state index contributed by atoms with van der Waals surface area (Å²) in [5.41, 5.74) is 0.134. The molecule has 2 aromatic rings. The van der Waals surface area contributed by atoms with Crippen LogP contribution in [0.4, 0.5) is 5.69 Å². The first kappa shape index (κ1) is 17.6. The molecule has 0 aliphatic heterocycles. The lowest BCUT2D eigenvalue weighted by molar-refractivity contribution is 0.102. The molecule has 0 saturated heterocycles. The van der Waals surface area contributed by atoms with E-state index >= 15 is 0 Å². The first-order valence-electron chi connectivity index (χ1n) is 6.57. The smallest absolute Gasteiger partial charge is 0.257 e. The zero-order chi connectivity index (χ0) is 17.2. The van der Waals surface area contributed by atoms with Gasteiger partial charge in [-0.3, -0.25) is 4.79 Å². The SMILES string of the molecule is CCS(=O)(=O)c1ccc(O)c(NC(=O)c2ccc(Cl)cc2Cl)c1. The highest BCUT2D eigenvalue weighted by atomic mass is 35.5. The summed E-state index contributed by atoms with van der Waals surface area (Å²) in [5, 5.41) is 12.8. The minimum absolute atomic E-state index is 0.00954. The second-order valence-electron chi connectivity index (χ2n) is 4.66. The van der Waals surface area contributed by atoms with Crippen molar-refractivity contribution in [2.45, 2.75) is 11.8 Å². The second kappa shape index (κ2) is 6.78. The summed E-state index contributed by atoms with van der Waals surface area (Å²) in [5.74, 6) is -0.930. The first-order valence-corrected chi connectivity index (χ1v) is 8.97. The molecule has 23 heavy (non-hydrogen) atoms. The molecule has 0 saturated carbocycles. The fourth-order valence-electron chi connectivity index (χ4n) is 1.84. The molecule has 0 aromatic heterocycles. The Kier molecular flexibility index (Phi) is 5.19. The number of aromatic hydroxyl groups is 1. The summed E-state index contributed by atoms with van der Waals surface area (Å²) >= 11 is 11.7. The van der Waals surface area contributed by atoms with Gasteiger partial charge in [-0.05, 0) is 36.4 Å². The third-order valence-electron chi connectivity index (χ3n) is 3.13. The quantitative estimate of drug-likeness (QED) is 0.799. The number of halogens is 2. The molecule has 122 valence electrons. The first-order chi connectivity index (χ1) is 10.7. The predicted octanol–water partition coefficient (Wildman–Crippen LogP) is 3.74. The van der Waals surface area contributed by atoms with Gasteiger partial charge >= 0.3 is 0 Å². The summed E-state index contributed by atoms with van der Waals surface area (Å²) < 4.78 is 23.8. The van der Waals surface area contributed by atoms with Gasteiger partial charge in [0.1, 0.15) is 5.75 Å². The maximum absolute atomic E-state index is 12.2. The fraction of sp³-hybridized carbons (Fsp3) is 0.133. The number of sulfone groups is 1. The van der Waals surface area contributed by atoms with E-state index in [0.717, 1.165) is 0 Å². The van der Waals surface area contributed by atoms with E-state index in [9.17, 15) is 18.3 Å². The van der Waals surface area contributed by atoms with Gasteiger partial charge < -0.3 is 10.4 Å². The number of hydrogen-bond donors (Lipinski definition) is 2. The van der Waals surface area contributed by atoms with Crippen LogP contribution in [0.3, 0.4) is 0 Å². The Balaban J connectivity index is 2.36. The van der Waals surface area contributed by atoms with Crippen molar-refractivity contribution < 1.29 is 18.3 Å². The molecular weight excluding hydrogens is 361 g/mol. The van der Waals surface area contributed by atoms with Gasteiger partial charge in [0.2, 0.25) is 0 Å². The van der Waals surface area contributed by atoms with Gasteiger partial charge in [0, 0.05) is 5.02 Å². The molecule has 0 fully saturated rings. The number of nitrogens with one attached hydrogen (secondary N) is 1. The van der Waals surface area contributed by atoms with E-state index in [-0.39, 0.29) is 32.7 Å². The van der Waals surface area contributed by atoms with E-state index in [0.29, 0.717) is 5.02 Å². The van der Waals surface area contributed by atoms with Gasteiger partial charge in [0.05, 0.1) is 26.9 Å². The van der Waals surface area contributed by atoms with Crippen molar-refractivity contribution in [3.63, 3.8) is 0 Å². The van der Waals surface area contributed by atoms with E-state index in [4.69, 9.17) is 23.2 Å². The van der Waals surface area contributed by atoms with Crippen LogP contribution in [-0.4, -0.2) is 25.2 Å². The van der Waals surface area contributed by atoms with E-state index in [1.807, 2.05) is 0 Å². The summed E-state index contributed by atoms with van der Waals surface area (Å²) in [6, 6.07) is 8.04. The molecule has 2 aromatic carbocycles. The summed E-state index contributed by atoms with van der Waals surface area (Å²) in [6.07, 6.45) is 0. The van der Waals surface area contributed by atoms with E-state index in [1.165, 1.54) is 43.3 Å². The number of benzene rings is 2. The molecular formula is C15H13Cl2NO4S. The van der Waals surface area contributed by atoms with Crippen molar-refractivity contribution in [1.82, 2.24) is 0 Å². The van der Waals surface area contributed by atoms with Crippen molar-refractivity contribution in [1.29, 1.82) is 0 Å². The molecule has 0 spiro atoms. The Hall–Kier alpha value is -1.76. The maximum atomic E-state index is 12.2. The Labute approximate surface area is 143 Å². The Morgan fingerprint density at radius 3 is 2.48 bits per heavy atom. The highest BCUT2D eigenvalue weighted by Gasteiger charge is 2.17. The number of anilines is 1. The number of phenols is 1. The number of hydrogen-bond acceptors (Lipinski definition) is 4. The van der Waals surface area contributed by atoms with Crippen LogP contribution in [0.15, 0.2) is 41.3 Å². The van der Waals surface area contributed by atoms with Gasteiger partial charge in [-0.25, -0.2) is 8.42 Å². The molecule has 0 unspecified atom stereocenters. The van der Waals surface area contributed by atoms with Crippen molar-refractivity contribution in [2.24, 2.45) is 0 Å². The van der Waals surface area contributed by atoms with Gasteiger partial charge in [-0.15, -0.1) is 0 Å². The summed E-state index contributed by atoms with van der Waals surface area (Å²) in [7, 11) is -3.46. The standard InChI is InChI=1S/C15H13Cl2NO4S/c1-2-23(21,22)10-4-6-14(19)13(8-10)18-15(20)11-5-3-9(16)7-12(11)17/h3-8,19H,2H2,1H3,(H,18,20). The zero-order valence-electron chi connectivity index (χ0n) is 12.0. The van der Waals surface area contributed by atoms with Crippen LogP contribution in [0.5, 0.6) is 5.75 Å². The third-order valence-corrected chi connectivity index (χ3v) is 5.41. The molecule has 0 heterocycles. The van der Waals surface area contributed by atoms with Gasteiger partial charge in [-0.1, -0.05) is 30.1 Å². The predicted molar refractivity (Wildman–Crippen MR) is 90.2 cm³/mol. The normalized spacial score (nSPS) is 11.3. The number of carbonyl (C=O) groups is 1. The molecule has 0 aliphatic rings. The molecule has 1 amide bonds. The topological polar surface area (TPSA) is 83.5 Å². The lowest BCUT2D eigenvalue weighted by Crippen LogP contribution is -2.13. The molecule has 5 nitrogen and oxygen atoms in total. The van der Waals surface area contributed by atoms with Crippen LogP contribution in [-0.2, 0) is 9.84 Å². The van der Waals surface area contributed by atoms with Crippen molar-refractivity contribution in [3.05, 3.63) is 52.0 Å². The molecule has 2 rings (SSSR count). The molecule has 0 aliphatic carbocycles. The minimum atomic E-state index is -3.46. The number of carbonyl (C=O) groups excluding carboxylic acids is 1. The van der Waals surface area contributed by atoms with Crippen molar-refractivity contribution in [2.75, 3.05) is 11.1 Å². The second-order valence-corrected chi connectivity index (χ2v) is 7.78. The van der Waals surface area contributed by atoms with Crippen LogP contribution >= 0.6 is 23.2 Å². The largest absolute Gasteiger partial charge is 0.506 e. The van der Waals surface area contributed by atoms with Gasteiger partial charge in [-0.2, -0.15) is 0 Å². The van der Waals surface area contributed by atoms with Crippen LogP contribution in [0, 0.1) is 0 Å². The van der Waals surface area contributed by atoms with E-state index in [1.54, 1.807) is 0 Å². The highest BCUT2D eigenvalue weighted by molar-refractivity contribution is 7.91. The molecule has 8 heteroatoms. The van der Waals surface area contributed by atoms with E-state index < -0.39 is 15.7 Å². The molecule has 2 N–H and O–H groups in total. The summed E-state index contributed by atoms with van der Waals surface area (Å²) in [6.45, 7) is 1.51. The van der Waals surface area contributed by atoms with Gasteiger partial charge in [0.15, 0.2) is 9.84 Å². The number of amides is 1. The monoisotopic (exact) mass is 373 g/mol. The number of rotatable bonds is 4. The highest BCUT2D eigenvalue weighted by Crippen LogP contribution is 2.28. The van der Waals surface area contributed by atoms with E-state index in [2.05, 4.69) is 5.32 Å². The lowest BCUT2D eigenvalue weighted by Gasteiger charge is -2.10. The average molecular weight is 374 g/mol. The Morgan fingerprint density at radius 1 is 1.17 bits per heavy atom. The molecule has 0 atom stereocenters. The lowest BCUT2D eigenvalue weighted by atomic mass is 10.2. The zero-order valence-corrected chi connectivity index (χ0v) is 14.3. The Morgan fingerprint density at radius 2 is 1.87 bits per heavy atom. The average Bonchev–Trinajstić information content (AvgIpc) is 2.49. The van der Waals surface area contributed by atoms with Crippen molar-refractivity contribution >= 4 is 44.6 Å². The summed E-state index contributed by atoms with van der Waals surface area (Å²) in [4.78, 5) is 12.2. The number of phenolic OH excluding ortho intramolecular Hbond substituents is 1. The fourth-order valence-corrected chi connectivity index (χ4v) is 3.24. The Bertz CT molecular complexity index is 866. The third kappa shape index (κ3) is 3.96. The molecule has 0 radical (unpaired) electrons. The molecule has 0 bridgehead atoms. The van der Waals surface area contributed by atoms with Crippen molar-refractivity contribution in [3.8, 4) is 5.75 Å². The van der Waals surface area contributed by atoms with Gasteiger partial charge in [0.25, 0.3) is 5.91 Å².